The maximum Gasteiger partial charge on any atom is 0.270 e. The number of non-ortho nitro benzene ring substituents is 1. The van der Waals surface area contributed by atoms with Crippen LogP contribution >= 0.6 is 0 Å². The van der Waals surface area contributed by atoms with Gasteiger partial charge in [0.05, 0.1) is 29.4 Å². The van der Waals surface area contributed by atoms with Gasteiger partial charge in [0.1, 0.15) is 6.07 Å². The van der Waals surface area contributed by atoms with E-state index in [9.17, 15) is 15.4 Å². The third kappa shape index (κ3) is 3.45. The number of nitro groups is 1. The Balaban J connectivity index is 1.76. The Bertz CT molecular complexity index is 777. The molecule has 0 radical (unpaired) electrons. The van der Waals surface area contributed by atoms with E-state index < -0.39 is 4.92 Å². The molecule has 1 aliphatic heterocycles. The summed E-state index contributed by atoms with van der Waals surface area (Å²) in [7, 11) is 0. The average Bonchev–Trinajstić information content (AvgIpc) is 2.63. The highest BCUT2D eigenvalue weighted by Gasteiger charge is 2.12. The summed E-state index contributed by atoms with van der Waals surface area (Å²) in [6.45, 7) is 3.20. The van der Waals surface area contributed by atoms with Crippen LogP contribution in [-0.4, -0.2) is 31.2 Å². The van der Waals surface area contributed by atoms with Crippen molar-refractivity contribution in [1.29, 1.82) is 5.26 Å². The first-order valence-electron chi connectivity index (χ1n) is 7.56. The number of nitriles is 1. The molecule has 1 fully saturated rings. The number of nitrogens with zero attached hydrogens (tertiary/aromatic N) is 3. The predicted octanol–water partition coefficient (Wildman–Crippen LogP) is 3.05. The Morgan fingerprint density at radius 3 is 2.50 bits per heavy atom. The van der Waals surface area contributed by atoms with Crippen LogP contribution in [-0.2, 0) is 4.74 Å². The summed E-state index contributed by atoms with van der Waals surface area (Å²) < 4.78 is 5.34. The van der Waals surface area contributed by atoms with Gasteiger partial charge in [-0.2, -0.15) is 5.26 Å². The number of ether oxygens (including phenoxy) is 1. The van der Waals surface area contributed by atoms with Crippen LogP contribution in [0.2, 0.25) is 0 Å². The summed E-state index contributed by atoms with van der Waals surface area (Å²) in [5.41, 5.74) is 2.62. The van der Waals surface area contributed by atoms with Crippen molar-refractivity contribution in [2.75, 3.05) is 36.5 Å². The summed E-state index contributed by atoms with van der Waals surface area (Å²) in [6.07, 6.45) is 0. The van der Waals surface area contributed by atoms with Gasteiger partial charge in [-0.1, -0.05) is 0 Å². The van der Waals surface area contributed by atoms with Crippen LogP contribution < -0.4 is 10.2 Å². The molecule has 1 N–H and O–H groups in total. The van der Waals surface area contributed by atoms with Crippen LogP contribution in [0.1, 0.15) is 5.56 Å². The van der Waals surface area contributed by atoms with E-state index in [1.54, 1.807) is 6.07 Å². The Labute approximate surface area is 139 Å². The summed E-state index contributed by atoms with van der Waals surface area (Å²) >= 11 is 0. The molecule has 0 bridgehead atoms. The highest BCUT2D eigenvalue weighted by molar-refractivity contribution is 5.69. The zero-order valence-corrected chi connectivity index (χ0v) is 12.9. The summed E-state index contributed by atoms with van der Waals surface area (Å²) in [4.78, 5) is 12.5. The zero-order chi connectivity index (χ0) is 16.9. The second kappa shape index (κ2) is 6.98. The number of hydrogen-bond acceptors (Lipinski definition) is 6. The average molecular weight is 324 g/mol. The maximum atomic E-state index is 10.8. The molecule has 24 heavy (non-hydrogen) atoms. The van der Waals surface area contributed by atoms with E-state index in [-0.39, 0.29) is 11.3 Å². The van der Waals surface area contributed by atoms with Gasteiger partial charge < -0.3 is 15.0 Å². The number of rotatable bonds is 4. The number of anilines is 3. The van der Waals surface area contributed by atoms with E-state index in [0.29, 0.717) is 5.69 Å². The maximum absolute atomic E-state index is 10.8. The van der Waals surface area contributed by atoms with Crippen LogP contribution in [0.15, 0.2) is 42.5 Å². The minimum atomic E-state index is -0.512. The quantitative estimate of drug-likeness (QED) is 0.686. The first-order chi connectivity index (χ1) is 11.7. The lowest BCUT2D eigenvalue weighted by molar-refractivity contribution is -0.384. The molecule has 7 nitrogen and oxygen atoms in total. The smallest absolute Gasteiger partial charge is 0.270 e. The Hall–Kier alpha value is -3.11. The highest BCUT2D eigenvalue weighted by atomic mass is 16.6. The minimum Gasteiger partial charge on any atom is -0.378 e. The third-order valence-corrected chi connectivity index (χ3v) is 3.86. The number of benzene rings is 2. The molecule has 0 aromatic heterocycles. The van der Waals surface area contributed by atoms with Crippen molar-refractivity contribution in [2.45, 2.75) is 0 Å². The first-order valence-corrected chi connectivity index (χ1v) is 7.56. The third-order valence-electron chi connectivity index (χ3n) is 3.86. The van der Waals surface area contributed by atoms with Gasteiger partial charge in [0.2, 0.25) is 0 Å². The molecule has 7 heteroatoms. The van der Waals surface area contributed by atoms with Gasteiger partial charge in [0, 0.05) is 36.6 Å². The van der Waals surface area contributed by atoms with E-state index in [1.165, 1.54) is 12.1 Å². The molecule has 3 rings (SSSR count). The molecule has 0 aliphatic carbocycles. The van der Waals surface area contributed by atoms with Gasteiger partial charge >= 0.3 is 0 Å². The fraction of sp³-hybridized carbons (Fsp3) is 0.235. The molecule has 2 aromatic rings. The number of nitrogens with one attached hydrogen (secondary N) is 1. The largest absolute Gasteiger partial charge is 0.378 e. The first kappa shape index (κ1) is 15.8. The molecule has 0 atom stereocenters. The van der Waals surface area contributed by atoms with E-state index in [4.69, 9.17) is 4.74 Å². The Morgan fingerprint density at radius 1 is 1.17 bits per heavy atom. The van der Waals surface area contributed by atoms with Crippen molar-refractivity contribution in [3.63, 3.8) is 0 Å². The van der Waals surface area contributed by atoms with Crippen LogP contribution in [0.4, 0.5) is 22.7 Å². The van der Waals surface area contributed by atoms with Crippen LogP contribution in [0.3, 0.4) is 0 Å². The minimum absolute atomic E-state index is 0.0974. The highest BCUT2D eigenvalue weighted by Crippen LogP contribution is 2.26. The van der Waals surface area contributed by atoms with Gasteiger partial charge in [-0.15, -0.1) is 0 Å². The molecule has 0 amide bonds. The van der Waals surface area contributed by atoms with Gasteiger partial charge in [0.25, 0.3) is 5.69 Å². The molecular formula is C17H16N4O3. The topological polar surface area (TPSA) is 91.4 Å². The Kier molecular flexibility index (Phi) is 4.59. The van der Waals surface area contributed by atoms with Crippen molar-refractivity contribution in [2.24, 2.45) is 0 Å². The molecule has 0 unspecified atom stereocenters. The molecule has 0 saturated carbocycles. The van der Waals surface area contributed by atoms with E-state index in [1.807, 2.05) is 30.3 Å². The second-order valence-corrected chi connectivity index (χ2v) is 5.37. The molecule has 1 saturated heterocycles. The summed E-state index contributed by atoms with van der Waals surface area (Å²) in [6, 6.07) is 14.0. The van der Waals surface area contributed by atoms with E-state index in [2.05, 4.69) is 10.2 Å². The molecule has 122 valence electrons. The second-order valence-electron chi connectivity index (χ2n) is 5.37. The number of hydrogen-bond donors (Lipinski definition) is 1. The predicted molar refractivity (Wildman–Crippen MR) is 90.6 cm³/mol. The lowest BCUT2D eigenvalue weighted by atomic mass is 10.1. The molecule has 1 aliphatic rings. The van der Waals surface area contributed by atoms with Gasteiger partial charge in [-0.3, -0.25) is 10.1 Å². The summed E-state index contributed by atoms with van der Waals surface area (Å²) in [5.74, 6) is 0. The van der Waals surface area contributed by atoms with E-state index in [0.717, 1.165) is 37.7 Å². The molecular weight excluding hydrogens is 308 g/mol. The Morgan fingerprint density at radius 2 is 1.88 bits per heavy atom. The fourth-order valence-corrected chi connectivity index (χ4v) is 2.58. The number of nitro benzene ring substituents is 1. The molecule has 1 heterocycles. The lowest BCUT2D eigenvalue weighted by Gasteiger charge is -2.29. The van der Waals surface area contributed by atoms with Crippen molar-refractivity contribution in [1.82, 2.24) is 0 Å². The SMILES string of the molecule is N#Cc1cc([N+](=O)[O-])ccc1Nc1ccc(N2CCOCC2)cc1. The lowest BCUT2D eigenvalue weighted by Crippen LogP contribution is -2.36. The van der Waals surface area contributed by atoms with Crippen LogP contribution in [0.25, 0.3) is 0 Å². The summed E-state index contributed by atoms with van der Waals surface area (Å²) in [5, 5.41) is 23.1. The van der Waals surface area contributed by atoms with Gasteiger partial charge in [-0.05, 0) is 30.3 Å². The standard InChI is InChI=1S/C17H16N4O3/c18-12-13-11-16(21(22)23)5-6-17(13)19-14-1-3-15(4-2-14)20-7-9-24-10-8-20/h1-6,11,19H,7-10H2. The van der Waals surface area contributed by atoms with Crippen molar-refractivity contribution < 1.29 is 9.66 Å². The van der Waals surface area contributed by atoms with Crippen molar-refractivity contribution in [3.05, 3.63) is 58.1 Å². The zero-order valence-electron chi connectivity index (χ0n) is 12.9. The van der Waals surface area contributed by atoms with Crippen molar-refractivity contribution in [3.8, 4) is 6.07 Å². The number of morpholine rings is 1. The van der Waals surface area contributed by atoms with Crippen LogP contribution in [0.5, 0.6) is 0 Å². The molecule has 0 spiro atoms. The van der Waals surface area contributed by atoms with E-state index >= 15 is 0 Å². The monoisotopic (exact) mass is 324 g/mol. The fourth-order valence-electron chi connectivity index (χ4n) is 2.58. The normalized spacial score (nSPS) is 14.0. The van der Waals surface area contributed by atoms with Gasteiger partial charge in [0.15, 0.2) is 0 Å². The molecule has 2 aromatic carbocycles. The van der Waals surface area contributed by atoms with Gasteiger partial charge in [-0.25, -0.2) is 0 Å². The van der Waals surface area contributed by atoms with Crippen molar-refractivity contribution >= 4 is 22.7 Å². The van der Waals surface area contributed by atoms with Crippen LogP contribution in [0, 0.1) is 21.4 Å².